The Bertz CT molecular complexity index is 1290. The minimum Gasteiger partial charge on any atom is -0.481 e. The molecule has 182 valence electrons. The van der Waals surface area contributed by atoms with Crippen molar-refractivity contribution in [3.05, 3.63) is 81.2 Å². The number of nitrogens with one attached hydrogen (secondary N) is 1. The van der Waals surface area contributed by atoms with Crippen LogP contribution >= 0.6 is 11.6 Å². The maximum absolute atomic E-state index is 12.7. The van der Waals surface area contributed by atoms with Crippen LogP contribution < -0.4 is 15.6 Å². The molecule has 0 radical (unpaired) electrons. The van der Waals surface area contributed by atoms with Gasteiger partial charge in [0, 0.05) is 5.69 Å². The molecule has 3 rings (SSSR count). The summed E-state index contributed by atoms with van der Waals surface area (Å²) < 4.78 is 16.3. The van der Waals surface area contributed by atoms with Crippen molar-refractivity contribution in [1.82, 2.24) is 9.78 Å². The summed E-state index contributed by atoms with van der Waals surface area (Å²) in [6.45, 7) is 3.11. The number of amides is 1. The SMILES string of the molecule is CCOC(=O)c1ccc(NC(=O)COc2cc(=O)n(-c3ccccc3Cl)nc2C(=O)OCC)cc1. The fourth-order valence-corrected chi connectivity index (χ4v) is 3.15. The maximum Gasteiger partial charge on any atom is 0.362 e. The minimum absolute atomic E-state index is 0.0629. The molecule has 0 saturated heterocycles. The smallest absolute Gasteiger partial charge is 0.362 e. The molecule has 0 atom stereocenters. The second kappa shape index (κ2) is 11.8. The summed E-state index contributed by atoms with van der Waals surface area (Å²) in [6, 6.07) is 13.6. The Morgan fingerprint density at radius 2 is 1.63 bits per heavy atom. The first kappa shape index (κ1) is 25.4. The molecule has 10 nitrogen and oxygen atoms in total. The summed E-state index contributed by atoms with van der Waals surface area (Å²) >= 11 is 6.16. The van der Waals surface area contributed by atoms with Gasteiger partial charge in [-0.3, -0.25) is 9.59 Å². The van der Waals surface area contributed by atoms with E-state index in [9.17, 15) is 19.2 Å². The molecule has 3 aromatic rings. The first-order chi connectivity index (χ1) is 16.8. The number of carbonyl (C=O) groups is 3. The van der Waals surface area contributed by atoms with Crippen molar-refractivity contribution in [1.29, 1.82) is 0 Å². The van der Waals surface area contributed by atoms with Gasteiger partial charge in [-0.15, -0.1) is 0 Å². The summed E-state index contributed by atoms with van der Waals surface area (Å²) in [5.41, 5.74) is 0.0872. The van der Waals surface area contributed by atoms with Gasteiger partial charge in [0.05, 0.1) is 35.6 Å². The maximum atomic E-state index is 12.7. The first-order valence-electron chi connectivity index (χ1n) is 10.6. The highest BCUT2D eigenvalue weighted by Crippen LogP contribution is 2.21. The highest BCUT2D eigenvalue weighted by Gasteiger charge is 2.21. The van der Waals surface area contributed by atoms with Crippen LogP contribution in [0.1, 0.15) is 34.7 Å². The lowest BCUT2D eigenvalue weighted by atomic mass is 10.2. The molecule has 11 heteroatoms. The minimum atomic E-state index is -0.835. The average molecular weight is 500 g/mol. The van der Waals surface area contributed by atoms with Crippen molar-refractivity contribution in [3.8, 4) is 11.4 Å². The van der Waals surface area contributed by atoms with E-state index < -0.39 is 30.0 Å². The van der Waals surface area contributed by atoms with Crippen molar-refractivity contribution in [3.63, 3.8) is 0 Å². The van der Waals surface area contributed by atoms with Crippen LogP contribution in [0, 0.1) is 0 Å². The Labute approximate surface area is 205 Å². The van der Waals surface area contributed by atoms with Gasteiger partial charge in [-0.25, -0.2) is 9.59 Å². The van der Waals surface area contributed by atoms with Crippen LogP contribution in [0.5, 0.6) is 5.75 Å². The third-order valence-corrected chi connectivity index (χ3v) is 4.80. The normalized spacial score (nSPS) is 10.4. The van der Waals surface area contributed by atoms with Crippen LogP contribution in [0.3, 0.4) is 0 Å². The van der Waals surface area contributed by atoms with Gasteiger partial charge in [-0.2, -0.15) is 9.78 Å². The number of anilines is 1. The topological polar surface area (TPSA) is 126 Å². The van der Waals surface area contributed by atoms with E-state index in [0.717, 1.165) is 10.7 Å². The van der Waals surface area contributed by atoms with E-state index in [1.54, 1.807) is 38.1 Å². The first-order valence-corrected chi connectivity index (χ1v) is 11.0. The van der Waals surface area contributed by atoms with Crippen LogP contribution in [0.15, 0.2) is 59.4 Å². The van der Waals surface area contributed by atoms with Crippen molar-refractivity contribution in [2.24, 2.45) is 0 Å². The number of hydrogen-bond acceptors (Lipinski definition) is 8. The van der Waals surface area contributed by atoms with Gasteiger partial charge >= 0.3 is 11.9 Å². The summed E-state index contributed by atoms with van der Waals surface area (Å²) in [4.78, 5) is 49.2. The van der Waals surface area contributed by atoms with E-state index in [1.807, 2.05) is 0 Å². The fourth-order valence-electron chi connectivity index (χ4n) is 2.93. The standard InChI is InChI=1S/C24H22ClN3O7/c1-3-33-23(31)15-9-11-16(12-10-15)26-20(29)14-35-19-13-21(30)28(18-8-6-5-7-17(18)25)27-22(19)24(32)34-4-2/h5-13H,3-4,14H2,1-2H3,(H,26,29). The molecule has 0 saturated carbocycles. The number of ether oxygens (including phenoxy) is 3. The Morgan fingerprint density at radius 1 is 0.971 bits per heavy atom. The molecule has 1 aromatic heterocycles. The second-order valence-electron chi connectivity index (χ2n) is 6.91. The van der Waals surface area contributed by atoms with Crippen molar-refractivity contribution >= 4 is 35.1 Å². The molecule has 1 heterocycles. The summed E-state index contributed by atoms with van der Waals surface area (Å²) in [7, 11) is 0. The molecule has 0 bridgehead atoms. The van der Waals surface area contributed by atoms with Gasteiger partial charge < -0.3 is 19.5 Å². The van der Waals surface area contributed by atoms with Gasteiger partial charge in [0.25, 0.3) is 11.5 Å². The van der Waals surface area contributed by atoms with E-state index in [4.69, 9.17) is 25.8 Å². The number of halogens is 1. The van der Waals surface area contributed by atoms with Crippen LogP contribution in [0.25, 0.3) is 5.69 Å². The monoisotopic (exact) mass is 499 g/mol. The van der Waals surface area contributed by atoms with Crippen LogP contribution in [0.2, 0.25) is 5.02 Å². The largest absolute Gasteiger partial charge is 0.481 e. The third kappa shape index (κ3) is 6.45. The van der Waals surface area contributed by atoms with E-state index in [1.165, 1.54) is 24.3 Å². The molecule has 0 aliphatic rings. The zero-order chi connectivity index (χ0) is 25.4. The number of nitrogens with zero attached hydrogens (tertiary/aromatic N) is 2. The quantitative estimate of drug-likeness (QED) is 0.445. The summed E-state index contributed by atoms with van der Waals surface area (Å²) in [5, 5.41) is 6.91. The van der Waals surface area contributed by atoms with Crippen molar-refractivity contribution in [2.75, 3.05) is 25.1 Å². The lowest BCUT2D eigenvalue weighted by Crippen LogP contribution is -2.27. The van der Waals surface area contributed by atoms with Crippen molar-refractivity contribution in [2.45, 2.75) is 13.8 Å². The number of hydrogen-bond donors (Lipinski definition) is 1. The van der Waals surface area contributed by atoms with Crippen LogP contribution in [-0.4, -0.2) is 47.4 Å². The van der Waals surface area contributed by atoms with Gasteiger partial charge in [-0.1, -0.05) is 23.7 Å². The molecule has 0 aliphatic heterocycles. The number of carbonyl (C=O) groups excluding carboxylic acids is 3. The number of aromatic nitrogens is 2. The Kier molecular flexibility index (Phi) is 8.58. The molecule has 1 amide bonds. The summed E-state index contributed by atoms with van der Waals surface area (Å²) in [5.74, 6) is -2.10. The molecule has 35 heavy (non-hydrogen) atoms. The van der Waals surface area contributed by atoms with E-state index in [0.29, 0.717) is 11.3 Å². The molecule has 2 aromatic carbocycles. The lowest BCUT2D eigenvalue weighted by Gasteiger charge is -2.13. The lowest BCUT2D eigenvalue weighted by molar-refractivity contribution is -0.118. The highest BCUT2D eigenvalue weighted by molar-refractivity contribution is 6.32. The third-order valence-electron chi connectivity index (χ3n) is 4.48. The molecule has 1 N–H and O–H groups in total. The van der Waals surface area contributed by atoms with E-state index in [2.05, 4.69) is 10.4 Å². The molecule has 0 unspecified atom stereocenters. The Hall–Kier alpha value is -4.18. The number of para-hydroxylation sites is 1. The number of benzene rings is 2. The number of esters is 2. The zero-order valence-electron chi connectivity index (χ0n) is 18.9. The molecular weight excluding hydrogens is 478 g/mol. The van der Waals surface area contributed by atoms with Gasteiger partial charge in [0.1, 0.15) is 0 Å². The van der Waals surface area contributed by atoms with Gasteiger partial charge in [-0.05, 0) is 50.2 Å². The molecule has 0 aliphatic carbocycles. The highest BCUT2D eigenvalue weighted by atomic mass is 35.5. The average Bonchev–Trinajstić information content (AvgIpc) is 2.84. The van der Waals surface area contributed by atoms with Gasteiger partial charge in [0.2, 0.25) is 5.69 Å². The number of rotatable bonds is 9. The van der Waals surface area contributed by atoms with Crippen LogP contribution in [-0.2, 0) is 14.3 Å². The van der Waals surface area contributed by atoms with E-state index in [-0.39, 0.29) is 35.4 Å². The summed E-state index contributed by atoms with van der Waals surface area (Å²) in [6.07, 6.45) is 0. The Morgan fingerprint density at radius 3 is 2.29 bits per heavy atom. The van der Waals surface area contributed by atoms with Crippen molar-refractivity contribution < 1.29 is 28.6 Å². The predicted molar refractivity (Wildman–Crippen MR) is 127 cm³/mol. The molecular formula is C24H22ClN3O7. The fraction of sp³-hybridized carbons (Fsp3) is 0.208. The molecule has 0 fully saturated rings. The second-order valence-corrected chi connectivity index (χ2v) is 7.32. The van der Waals surface area contributed by atoms with E-state index >= 15 is 0 Å². The van der Waals surface area contributed by atoms with Crippen LogP contribution in [0.4, 0.5) is 5.69 Å². The molecule has 0 spiro atoms. The zero-order valence-corrected chi connectivity index (χ0v) is 19.7. The van der Waals surface area contributed by atoms with Gasteiger partial charge in [0.15, 0.2) is 12.4 Å². The predicted octanol–water partition coefficient (Wildman–Crippen LogP) is 3.26. The Balaban J connectivity index is 1.77.